The number of thioether (sulfide) groups is 1. The number of rotatable bonds is 8. The third-order valence-electron chi connectivity index (χ3n) is 5.70. The lowest BCUT2D eigenvalue weighted by Crippen LogP contribution is -2.33. The van der Waals surface area contributed by atoms with E-state index in [4.69, 9.17) is 14.5 Å². The molecule has 0 unspecified atom stereocenters. The number of nitrogens with one attached hydrogen (secondary N) is 1. The zero-order valence-corrected chi connectivity index (χ0v) is 19.9. The Labute approximate surface area is 207 Å². The summed E-state index contributed by atoms with van der Waals surface area (Å²) in [7, 11) is 0. The molecule has 0 spiro atoms. The van der Waals surface area contributed by atoms with Crippen molar-refractivity contribution >= 4 is 28.6 Å². The number of hydrogen-bond acceptors (Lipinski definition) is 6. The molecular formula is C27H25N3O4S. The van der Waals surface area contributed by atoms with Crippen LogP contribution in [0.5, 0.6) is 11.5 Å². The number of amides is 1. The van der Waals surface area contributed by atoms with Crippen LogP contribution < -0.4 is 15.6 Å². The van der Waals surface area contributed by atoms with E-state index >= 15 is 0 Å². The fourth-order valence-corrected chi connectivity index (χ4v) is 4.78. The van der Waals surface area contributed by atoms with Crippen LogP contribution in [0.2, 0.25) is 0 Å². The van der Waals surface area contributed by atoms with Gasteiger partial charge >= 0.3 is 0 Å². The minimum atomic E-state index is -0.186. The fourth-order valence-electron chi connectivity index (χ4n) is 3.94. The summed E-state index contributed by atoms with van der Waals surface area (Å²) in [5.41, 5.74) is 1.06. The van der Waals surface area contributed by atoms with Crippen molar-refractivity contribution in [2.75, 3.05) is 18.9 Å². The second-order valence-electron chi connectivity index (χ2n) is 8.19. The third-order valence-corrected chi connectivity index (χ3v) is 6.64. The molecule has 0 radical (unpaired) electrons. The Morgan fingerprint density at radius 2 is 1.77 bits per heavy atom. The van der Waals surface area contributed by atoms with Gasteiger partial charge in [-0.15, -0.1) is 0 Å². The summed E-state index contributed by atoms with van der Waals surface area (Å²) in [6, 6.07) is 24.0. The molecule has 0 saturated carbocycles. The quantitative estimate of drug-likeness (QED) is 0.290. The van der Waals surface area contributed by atoms with E-state index in [1.807, 2.05) is 66.7 Å². The molecule has 8 heteroatoms. The topological polar surface area (TPSA) is 82.5 Å². The van der Waals surface area contributed by atoms with Crippen molar-refractivity contribution in [1.82, 2.24) is 14.9 Å². The van der Waals surface area contributed by atoms with Gasteiger partial charge in [-0.05, 0) is 61.4 Å². The first-order valence-electron chi connectivity index (χ1n) is 11.5. The molecule has 1 aliphatic rings. The summed E-state index contributed by atoms with van der Waals surface area (Å²) in [6.07, 6.45) is 2.07. The van der Waals surface area contributed by atoms with Crippen molar-refractivity contribution in [2.24, 2.45) is 0 Å². The van der Waals surface area contributed by atoms with Gasteiger partial charge in [0.1, 0.15) is 11.5 Å². The Balaban J connectivity index is 1.39. The maximum atomic E-state index is 13.4. The molecular weight excluding hydrogens is 462 g/mol. The highest BCUT2D eigenvalue weighted by Crippen LogP contribution is 2.25. The van der Waals surface area contributed by atoms with Crippen LogP contribution in [0, 0.1) is 0 Å². The molecule has 1 atom stereocenters. The number of ether oxygens (including phenoxy) is 2. The first kappa shape index (κ1) is 23.1. The van der Waals surface area contributed by atoms with Crippen LogP contribution in [0.1, 0.15) is 12.8 Å². The van der Waals surface area contributed by atoms with Crippen molar-refractivity contribution in [2.45, 2.75) is 24.1 Å². The van der Waals surface area contributed by atoms with E-state index < -0.39 is 0 Å². The van der Waals surface area contributed by atoms with Crippen molar-refractivity contribution < 1.29 is 14.3 Å². The van der Waals surface area contributed by atoms with Crippen LogP contribution >= 0.6 is 11.8 Å². The number of carbonyl (C=O) groups is 1. The third kappa shape index (κ3) is 5.55. The SMILES string of the molecule is O=C(CSc1nc2ccccc2c(=O)n1-c1ccc(Oc2ccccc2)cc1)NC[C@@H]1CCCO1. The average Bonchev–Trinajstić information content (AvgIpc) is 3.42. The molecule has 2 heterocycles. The first-order chi connectivity index (χ1) is 17.2. The minimum Gasteiger partial charge on any atom is -0.457 e. The van der Waals surface area contributed by atoms with Gasteiger partial charge in [0.15, 0.2) is 5.16 Å². The van der Waals surface area contributed by atoms with Gasteiger partial charge in [0.25, 0.3) is 5.56 Å². The van der Waals surface area contributed by atoms with E-state index in [1.54, 1.807) is 16.7 Å². The van der Waals surface area contributed by atoms with Crippen LogP contribution in [-0.2, 0) is 9.53 Å². The molecule has 1 saturated heterocycles. The highest BCUT2D eigenvalue weighted by Gasteiger charge is 2.18. The maximum absolute atomic E-state index is 13.4. The number of aromatic nitrogens is 2. The molecule has 4 aromatic rings. The molecule has 0 aliphatic carbocycles. The number of benzene rings is 3. The Bertz CT molecular complexity index is 1370. The second kappa shape index (κ2) is 10.8. The maximum Gasteiger partial charge on any atom is 0.266 e. The summed E-state index contributed by atoms with van der Waals surface area (Å²) < 4.78 is 13.0. The minimum absolute atomic E-state index is 0.0811. The highest BCUT2D eigenvalue weighted by atomic mass is 32.2. The van der Waals surface area contributed by atoms with Gasteiger partial charge < -0.3 is 14.8 Å². The summed E-state index contributed by atoms with van der Waals surface area (Å²) in [6.45, 7) is 1.25. The van der Waals surface area contributed by atoms with Gasteiger partial charge in [-0.2, -0.15) is 0 Å². The molecule has 5 rings (SSSR count). The molecule has 1 aliphatic heterocycles. The van der Waals surface area contributed by atoms with E-state index in [9.17, 15) is 9.59 Å². The fraction of sp³-hybridized carbons (Fsp3) is 0.222. The summed E-state index contributed by atoms with van der Waals surface area (Å²) in [4.78, 5) is 30.6. The smallest absolute Gasteiger partial charge is 0.266 e. The predicted molar refractivity (Wildman–Crippen MR) is 137 cm³/mol. The van der Waals surface area contributed by atoms with E-state index in [2.05, 4.69) is 5.32 Å². The molecule has 7 nitrogen and oxygen atoms in total. The largest absolute Gasteiger partial charge is 0.457 e. The molecule has 1 aromatic heterocycles. The van der Waals surface area contributed by atoms with Gasteiger partial charge in [0.2, 0.25) is 5.91 Å². The lowest BCUT2D eigenvalue weighted by molar-refractivity contribution is -0.119. The average molecular weight is 488 g/mol. The number of nitrogens with zero attached hydrogens (tertiary/aromatic N) is 2. The normalized spacial score (nSPS) is 15.3. The van der Waals surface area contributed by atoms with Gasteiger partial charge in [0.05, 0.1) is 28.4 Å². The Morgan fingerprint density at radius 3 is 2.54 bits per heavy atom. The number of para-hydroxylation sites is 2. The number of fused-ring (bicyclic) bond motifs is 1. The van der Waals surface area contributed by atoms with Crippen LogP contribution in [0.25, 0.3) is 16.6 Å². The van der Waals surface area contributed by atoms with Crippen LogP contribution in [0.3, 0.4) is 0 Å². The zero-order valence-electron chi connectivity index (χ0n) is 19.1. The van der Waals surface area contributed by atoms with Crippen molar-refractivity contribution in [3.05, 3.63) is 89.2 Å². The van der Waals surface area contributed by atoms with Crippen LogP contribution in [0.15, 0.2) is 88.8 Å². The lowest BCUT2D eigenvalue weighted by Gasteiger charge is -2.14. The standard InChI is InChI=1S/C27H25N3O4S/c31-25(28-17-22-9-6-16-33-22)18-35-27-29-24-11-5-4-10-23(24)26(32)30(27)19-12-14-21(15-13-19)34-20-7-2-1-3-8-20/h1-5,7-8,10-15,22H,6,9,16-18H2,(H,28,31)/t22-/m0/s1. The number of carbonyl (C=O) groups excluding carboxylic acids is 1. The van der Waals surface area contributed by atoms with Crippen LogP contribution in [0.4, 0.5) is 0 Å². The Morgan fingerprint density at radius 1 is 1.03 bits per heavy atom. The van der Waals surface area contributed by atoms with E-state index in [1.165, 1.54) is 11.8 Å². The van der Waals surface area contributed by atoms with E-state index in [0.29, 0.717) is 34.0 Å². The molecule has 1 N–H and O–H groups in total. The highest BCUT2D eigenvalue weighted by molar-refractivity contribution is 7.99. The molecule has 35 heavy (non-hydrogen) atoms. The number of hydrogen-bond donors (Lipinski definition) is 1. The van der Waals surface area contributed by atoms with Gasteiger partial charge in [-0.1, -0.05) is 42.1 Å². The first-order valence-corrected chi connectivity index (χ1v) is 12.5. The van der Waals surface area contributed by atoms with Gasteiger partial charge in [-0.3, -0.25) is 14.2 Å². The molecule has 0 bridgehead atoms. The van der Waals surface area contributed by atoms with Crippen LogP contribution in [-0.4, -0.2) is 40.5 Å². The van der Waals surface area contributed by atoms with E-state index in [0.717, 1.165) is 25.2 Å². The second-order valence-corrected chi connectivity index (χ2v) is 9.13. The van der Waals surface area contributed by atoms with Crippen molar-refractivity contribution in [3.8, 4) is 17.2 Å². The van der Waals surface area contributed by atoms with Crippen molar-refractivity contribution in [1.29, 1.82) is 0 Å². The molecule has 178 valence electrons. The summed E-state index contributed by atoms with van der Waals surface area (Å²) >= 11 is 1.24. The molecule has 1 fully saturated rings. The molecule has 1 amide bonds. The summed E-state index contributed by atoms with van der Waals surface area (Å²) in [5.74, 6) is 1.41. The van der Waals surface area contributed by atoms with Gasteiger partial charge in [-0.25, -0.2) is 4.98 Å². The predicted octanol–water partition coefficient (Wildman–Crippen LogP) is 4.57. The monoisotopic (exact) mass is 487 g/mol. The molecule has 3 aromatic carbocycles. The van der Waals surface area contributed by atoms with E-state index in [-0.39, 0.29) is 23.3 Å². The Hall–Kier alpha value is -3.62. The summed E-state index contributed by atoms with van der Waals surface area (Å²) in [5, 5.41) is 3.89. The zero-order chi connectivity index (χ0) is 24.0. The van der Waals surface area contributed by atoms with Crippen molar-refractivity contribution in [3.63, 3.8) is 0 Å². The van der Waals surface area contributed by atoms with Gasteiger partial charge in [0, 0.05) is 13.2 Å². The Kier molecular flexibility index (Phi) is 7.11. The lowest BCUT2D eigenvalue weighted by atomic mass is 10.2.